The summed E-state index contributed by atoms with van der Waals surface area (Å²) in [5.41, 5.74) is 6.45. The van der Waals surface area contributed by atoms with E-state index in [0.29, 0.717) is 0 Å². The van der Waals surface area contributed by atoms with Crippen molar-refractivity contribution in [3.63, 3.8) is 0 Å². The number of carbonyl (C=O) groups excluding carboxylic acids is 1. The first-order valence-corrected chi connectivity index (χ1v) is 6.77. The molecule has 0 spiro atoms. The van der Waals surface area contributed by atoms with E-state index in [2.05, 4.69) is 5.32 Å². The third kappa shape index (κ3) is 6.33. The molecule has 0 radical (unpaired) electrons. The van der Waals surface area contributed by atoms with Gasteiger partial charge < -0.3 is 20.5 Å². The van der Waals surface area contributed by atoms with Crippen LogP contribution >= 0.6 is 12.4 Å². The zero-order valence-corrected chi connectivity index (χ0v) is 13.8. The Balaban J connectivity index is 0.00000400. The molecule has 1 amide bonds. The van der Waals surface area contributed by atoms with Gasteiger partial charge in [0.2, 0.25) is 0 Å². The molecule has 0 aliphatic carbocycles. The third-order valence-electron chi connectivity index (χ3n) is 2.88. The lowest BCUT2D eigenvalue weighted by atomic mass is 10.1. The quantitative estimate of drug-likeness (QED) is 0.807. The van der Waals surface area contributed by atoms with Gasteiger partial charge in [0.05, 0.1) is 12.1 Å². The topological polar surface area (TPSA) is 73.6 Å². The predicted molar refractivity (Wildman–Crippen MR) is 85.9 cm³/mol. The molecular formula is C15H25ClN2O3. The standard InChI is InChI=1S/C15H24N2O3.ClH/c1-10(2)20-13-7-5-6-12(8-13)11(3)17-15(18)14(9-16)19-4;/h5-8,10-11,14H,9,16H2,1-4H3,(H,17,18);1H. The highest BCUT2D eigenvalue weighted by Crippen LogP contribution is 2.20. The molecule has 0 saturated heterocycles. The fourth-order valence-corrected chi connectivity index (χ4v) is 1.83. The predicted octanol–water partition coefficient (Wildman–Crippen LogP) is 2.05. The van der Waals surface area contributed by atoms with Crippen LogP contribution in [-0.4, -0.2) is 31.8 Å². The lowest BCUT2D eigenvalue weighted by Crippen LogP contribution is -2.41. The number of nitrogens with one attached hydrogen (secondary N) is 1. The first-order valence-electron chi connectivity index (χ1n) is 6.77. The SMILES string of the molecule is COC(CN)C(=O)NC(C)c1cccc(OC(C)C)c1.Cl. The van der Waals surface area contributed by atoms with Gasteiger partial charge in [-0.15, -0.1) is 12.4 Å². The molecule has 2 unspecified atom stereocenters. The molecule has 1 aromatic carbocycles. The zero-order chi connectivity index (χ0) is 15.1. The number of hydrogen-bond donors (Lipinski definition) is 2. The lowest BCUT2D eigenvalue weighted by molar-refractivity contribution is -0.131. The third-order valence-corrected chi connectivity index (χ3v) is 2.88. The van der Waals surface area contributed by atoms with Crippen molar-refractivity contribution in [1.82, 2.24) is 5.32 Å². The van der Waals surface area contributed by atoms with E-state index < -0.39 is 6.10 Å². The molecule has 2 atom stereocenters. The van der Waals surface area contributed by atoms with E-state index in [4.69, 9.17) is 15.2 Å². The van der Waals surface area contributed by atoms with Gasteiger partial charge in [0, 0.05) is 13.7 Å². The Bertz CT molecular complexity index is 437. The van der Waals surface area contributed by atoms with E-state index in [1.165, 1.54) is 7.11 Å². The van der Waals surface area contributed by atoms with Crippen LogP contribution in [0.1, 0.15) is 32.4 Å². The normalized spacial score (nSPS) is 13.2. The van der Waals surface area contributed by atoms with Gasteiger partial charge in [0.1, 0.15) is 11.9 Å². The van der Waals surface area contributed by atoms with Crippen molar-refractivity contribution in [3.05, 3.63) is 29.8 Å². The summed E-state index contributed by atoms with van der Waals surface area (Å²) in [7, 11) is 1.47. The van der Waals surface area contributed by atoms with E-state index in [1.54, 1.807) is 0 Å². The number of nitrogens with two attached hydrogens (primary N) is 1. The molecule has 21 heavy (non-hydrogen) atoms. The highest BCUT2D eigenvalue weighted by Gasteiger charge is 2.18. The molecule has 3 N–H and O–H groups in total. The van der Waals surface area contributed by atoms with Crippen LogP contribution in [0.4, 0.5) is 0 Å². The van der Waals surface area contributed by atoms with Gasteiger partial charge in [-0.2, -0.15) is 0 Å². The fourth-order valence-electron chi connectivity index (χ4n) is 1.83. The number of halogens is 1. The minimum absolute atomic E-state index is 0. The van der Waals surface area contributed by atoms with Gasteiger partial charge in [0.15, 0.2) is 0 Å². The van der Waals surface area contributed by atoms with E-state index in [-0.39, 0.29) is 37.0 Å². The van der Waals surface area contributed by atoms with Crippen LogP contribution in [0.25, 0.3) is 0 Å². The van der Waals surface area contributed by atoms with Crippen LogP contribution in [-0.2, 0) is 9.53 Å². The maximum absolute atomic E-state index is 11.9. The number of benzene rings is 1. The Kier molecular flexibility index (Phi) is 9.01. The highest BCUT2D eigenvalue weighted by molar-refractivity contribution is 5.85. The number of carbonyl (C=O) groups is 1. The molecule has 5 nitrogen and oxygen atoms in total. The summed E-state index contributed by atoms with van der Waals surface area (Å²) < 4.78 is 10.7. The summed E-state index contributed by atoms with van der Waals surface area (Å²) in [5, 5.41) is 2.88. The summed E-state index contributed by atoms with van der Waals surface area (Å²) in [5.74, 6) is 0.582. The monoisotopic (exact) mass is 316 g/mol. The van der Waals surface area contributed by atoms with Crippen molar-refractivity contribution < 1.29 is 14.3 Å². The first kappa shape index (κ1) is 19.7. The van der Waals surface area contributed by atoms with Crippen molar-refractivity contribution in [2.75, 3.05) is 13.7 Å². The Labute approximate surface area is 132 Å². The minimum Gasteiger partial charge on any atom is -0.491 e. The van der Waals surface area contributed by atoms with Crippen LogP contribution in [0, 0.1) is 0 Å². The van der Waals surface area contributed by atoms with Gasteiger partial charge in [0.25, 0.3) is 5.91 Å². The zero-order valence-electron chi connectivity index (χ0n) is 13.0. The van der Waals surface area contributed by atoms with Crippen molar-refractivity contribution in [1.29, 1.82) is 0 Å². The molecule has 1 rings (SSSR count). The number of methoxy groups -OCH3 is 1. The van der Waals surface area contributed by atoms with Crippen LogP contribution < -0.4 is 15.8 Å². The Morgan fingerprint density at radius 2 is 2.00 bits per heavy atom. The van der Waals surface area contributed by atoms with Crippen molar-refractivity contribution >= 4 is 18.3 Å². The molecular weight excluding hydrogens is 292 g/mol. The molecule has 1 aromatic rings. The van der Waals surface area contributed by atoms with Gasteiger partial charge in [-0.25, -0.2) is 0 Å². The molecule has 0 saturated carbocycles. The Hall–Kier alpha value is -1.30. The minimum atomic E-state index is -0.618. The Morgan fingerprint density at radius 3 is 2.52 bits per heavy atom. The smallest absolute Gasteiger partial charge is 0.250 e. The van der Waals surface area contributed by atoms with Gasteiger partial charge in [-0.1, -0.05) is 12.1 Å². The molecule has 0 bridgehead atoms. The maximum atomic E-state index is 11.9. The van der Waals surface area contributed by atoms with Gasteiger partial charge >= 0.3 is 0 Å². The summed E-state index contributed by atoms with van der Waals surface area (Å²) >= 11 is 0. The summed E-state index contributed by atoms with van der Waals surface area (Å²) in [6.45, 7) is 6.02. The average Bonchev–Trinajstić information content (AvgIpc) is 2.39. The van der Waals surface area contributed by atoms with Gasteiger partial charge in [-0.3, -0.25) is 4.79 Å². The summed E-state index contributed by atoms with van der Waals surface area (Å²) in [4.78, 5) is 11.9. The summed E-state index contributed by atoms with van der Waals surface area (Å²) in [6, 6.07) is 7.54. The second-order valence-electron chi connectivity index (χ2n) is 4.93. The Morgan fingerprint density at radius 1 is 1.33 bits per heavy atom. The van der Waals surface area contributed by atoms with Crippen LogP contribution in [0.3, 0.4) is 0 Å². The average molecular weight is 317 g/mol. The maximum Gasteiger partial charge on any atom is 0.250 e. The van der Waals surface area contributed by atoms with Crippen LogP contribution in [0.15, 0.2) is 24.3 Å². The number of amides is 1. The largest absolute Gasteiger partial charge is 0.491 e. The van der Waals surface area contributed by atoms with E-state index in [0.717, 1.165) is 11.3 Å². The molecule has 0 aliphatic heterocycles. The molecule has 0 aromatic heterocycles. The van der Waals surface area contributed by atoms with Crippen LogP contribution in [0.2, 0.25) is 0 Å². The van der Waals surface area contributed by atoms with E-state index >= 15 is 0 Å². The first-order chi connectivity index (χ1) is 9.47. The lowest BCUT2D eigenvalue weighted by Gasteiger charge is -2.19. The highest BCUT2D eigenvalue weighted by atomic mass is 35.5. The second-order valence-corrected chi connectivity index (χ2v) is 4.93. The molecule has 6 heteroatoms. The van der Waals surface area contributed by atoms with Crippen LogP contribution in [0.5, 0.6) is 5.75 Å². The van der Waals surface area contributed by atoms with Crippen molar-refractivity contribution in [2.45, 2.75) is 39.0 Å². The number of hydrogen-bond acceptors (Lipinski definition) is 4. The molecule has 120 valence electrons. The molecule has 0 fully saturated rings. The van der Waals surface area contributed by atoms with Crippen molar-refractivity contribution in [3.8, 4) is 5.75 Å². The van der Waals surface area contributed by atoms with E-state index in [1.807, 2.05) is 45.0 Å². The fraction of sp³-hybridized carbons (Fsp3) is 0.533. The van der Waals surface area contributed by atoms with E-state index in [9.17, 15) is 4.79 Å². The molecule has 0 aliphatic rings. The van der Waals surface area contributed by atoms with Gasteiger partial charge in [-0.05, 0) is 38.5 Å². The number of rotatable bonds is 7. The number of ether oxygens (including phenoxy) is 2. The van der Waals surface area contributed by atoms with Crippen molar-refractivity contribution in [2.24, 2.45) is 5.73 Å². The second kappa shape index (κ2) is 9.60. The summed E-state index contributed by atoms with van der Waals surface area (Å²) in [6.07, 6.45) is -0.502. The molecule has 0 heterocycles.